The number of carbonyl (C=O) groups excluding carboxylic acids is 2. The number of carbonyl (C=O) groups is 2. The summed E-state index contributed by atoms with van der Waals surface area (Å²) in [5.41, 5.74) is 2.14. The van der Waals surface area contributed by atoms with Gasteiger partial charge in [0.2, 0.25) is 11.8 Å². The molecule has 2 aliphatic rings. The lowest BCUT2D eigenvalue weighted by atomic mass is 10.1. The van der Waals surface area contributed by atoms with E-state index in [1.165, 1.54) is 5.56 Å². The number of hydrogen-bond acceptors (Lipinski definition) is 5. The summed E-state index contributed by atoms with van der Waals surface area (Å²) in [6.07, 6.45) is 1.18. The van der Waals surface area contributed by atoms with Crippen LogP contribution in [0.3, 0.4) is 0 Å². The van der Waals surface area contributed by atoms with E-state index in [1.54, 1.807) is 12.0 Å². The Kier molecular flexibility index (Phi) is 7.96. The summed E-state index contributed by atoms with van der Waals surface area (Å²) in [7, 11) is 1.60. The van der Waals surface area contributed by atoms with Gasteiger partial charge in [0.25, 0.3) is 0 Å². The summed E-state index contributed by atoms with van der Waals surface area (Å²) in [6, 6.07) is 18.0. The molecule has 2 heterocycles. The van der Waals surface area contributed by atoms with Gasteiger partial charge in [-0.25, -0.2) is 0 Å². The van der Waals surface area contributed by atoms with Crippen LogP contribution in [0.2, 0.25) is 0 Å². The number of hydrogen-bond donors (Lipinski definition) is 1. The third-order valence-corrected chi connectivity index (χ3v) is 6.53. The highest BCUT2D eigenvalue weighted by atomic mass is 16.5. The lowest BCUT2D eigenvalue weighted by Gasteiger charge is -2.34. The SMILES string of the molecule is COc1cccc(N2CC(C(=O)NCCCN3CCN(Cc4ccccc4)CC3)CC2=O)c1. The van der Waals surface area contributed by atoms with E-state index < -0.39 is 0 Å². The monoisotopic (exact) mass is 450 g/mol. The zero-order chi connectivity index (χ0) is 23.0. The Morgan fingerprint density at radius 2 is 1.79 bits per heavy atom. The first-order chi connectivity index (χ1) is 16.1. The molecule has 2 aromatic rings. The number of rotatable bonds is 9. The highest BCUT2D eigenvalue weighted by molar-refractivity contribution is 6.00. The number of amides is 2. The van der Waals surface area contributed by atoms with Crippen molar-refractivity contribution in [2.24, 2.45) is 5.92 Å². The van der Waals surface area contributed by atoms with Gasteiger partial charge in [-0.15, -0.1) is 0 Å². The van der Waals surface area contributed by atoms with Crippen LogP contribution < -0.4 is 15.0 Å². The second-order valence-corrected chi connectivity index (χ2v) is 8.85. The number of benzene rings is 2. The van der Waals surface area contributed by atoms with Crippen LogP contribution in [0.15, 0.2) is 54.6 Å². The average Bonchev–Trinajstić information content (AvgIpc) is 3.25. The van der Waals surface area contributed by atoms with Crippen molar-refractivity contribution in [2.45, 2.75) is 19.4 Å². The Hall–Kier alpha value is -2.90. The van der Waals surface area contributed by atoms with E-state index in [9.17, 15) is 9.59 Å². The first-order valence-corrected chi connectivity index (χ1v) is 11.8. The van der Waals surface area contributed by atoms with E-state index in [1.807, 2.05) is 24.3 Å². The summed E-state index contributed by atoms with van der Waals surface area (Å²) >= 11 is 0. The third kappa shape index (κ3) is 6.33. The van der Waals surface area contributed by atoms with Crippen molar-refractivity contribution < 1.29 is 14.3 Å². The topological polar surface area (TPSA) is 65.1 Å². The van der Waals surface area contributed by atoms with Gasteiger partial charge < -0.3 is 19.9 Å². The van der Waals surface area contributed by atoms with Gasteiger partial charge in [0.05, 0.1) is 13.0 Å². The second-order valence-electron chi connectivity index (χ2n) is 8.85. The first kappa shape index (κ1) is 23.3. The Labute approximate surface area is 196 Å². The van der Waals surface area contributed by atoms with Crippen molar-refractivity contribution in [3.63, 3.8) is 0 Å². The van der Waals surface area contributed by atoms with Crippen LogP contribution in [-0.4, -0.2) is 74.5 Å². The van der Waals surface area contributed by atoms with Crippen LogP contribution in [0.4, 0.5) is 5.69 Å². The fourth-order valence-corrected chi connectivity index (χ4v) is 4.58. The largest absolute Gasteiger partial charge is 0.497 e. The molecule has 2 fully saturated rings. The van der Waals surface area contributed by atoms with E-state index in [-0.39, 0.29) is 24.2 Å². The van der Waals surface area contributed by atoms with Crippen molar-refractivity contribution >= 4 is 17.5 Å². The zero-order valence-corrected chi connectivity index (χ0v) is 19.4. The lowest BCUT2D eigenvalue weighted by molar-refractivity contribution is -0.126. The standard InChI is InChI=1S/C26H34N4O3/c1-33-24-10-5-9-23(18-24)30-20-22(17-25(30)31)26(32)27-11-6-12-28-13-15-29(16-14-28)19-21-7-3-2-4-8-21/h2-5,7-10,18,22H,6,11-17,19-20H2,1H3,(H,27,32). The van der Waals surface area contributed by atoms with Gasteiger partial charge >= 0.3 is 0 Å². The molecule has 33 heavy (non-hydrogen) atoms. The Bertz CT molecular complexity index is 928. The summed E-state index contributed by atoms with van der Waals surface area (Å²) in [5, 5.41) is 3.04. The quantitative estimate of drug-likeness (QED) is 0.595. The molecule has 4 rings (SSSR count). The third-order valence-electron chi connectivity index (χ3n) is 6.53. The molecule has 7 heteroatoms. The summed E-state index contributed by atoms with van der Waals surface area (Å²) in [4.78, 5) is 31.7. The summed E-state index contributed by atoms with van der Waals surface area (Å²) < 4.78 is 5.25. The van der Waals surface area contributed by atoms with Gasteiger partial charge in [-0.05, 0) is 30.7 Å². The predicted octanol–water partition coefficient (Wildman–Crippen LogP) is 2.37. The van der Waals surface area contributed by atoms with Crippen LogP contribution in [0.5, 0.6) is 5.75 Å². The molecule has 0 spiro atoms. The molecule has 7 nitrogen and oxygen atoms in total. The molecule has 2 aliphatic heterocycles. The van der Waals surface area contributed by atoms with Crippen LogP contribution in [-0.2, 0) is 16.1 Å². The fraction of sp³-hybridized carbons (Fsp3) is 0.462. The van der Waals surface area contributed by atoms with Crippen molar-refractivity contribution in [1.82, 2.24) is 15.1 Å². The molecule has 176 valence electrons. The average molecular weight is 451 g/mol. The highest BCUT2D eigenvalue weighted by Crippen LogP contribution is 2.28. The first-order valence-electron chi connectivity index (χ1n) is 11.8. The van der Waals surface area contributed by atoms with E-state index >= 15 is 0 Å². The maximum atomic E-state index is 12.6. The Balaban J connectivity index is 1.14. The molecule has 1 atom stereocenters. The molecule has 0 aromatic heterocycles. The van der Waals surface area contributed by atoms with Crippen molar-refractivity contribution in [2.75, 3.05) is 57.8 Å². The summed E-state index contributed by atoms with van der Waals surface area (Å²) in [6.45, 7) is 7.34. The number of anilines is 1. The Morgan fingerprint density at radius 1 is 1.03 bits per heavy atom. The Morgan fingerprint density at radius 3 is 2.55 bits per heavy atom. The maximum Gasteiger partial charge on any atom is 0.227 e. The number of nitrogens with one attached hydrogen (secondary N) is 1. The zero-order valence-electron chi connectivity index (χ0n) is 19.4. The van der Waals surface area contributed by atoms with E-state index in [0.29, 0.717) is 18.8 Å². The minimum absolute atomic E-state index is 0.0169. The van der Waals surface area contributed by atoms with Gasteiger partial charge in [-0.3, -0.25) is 14.5 Å². The smallest absolute Gasteiger partial charge is 0.227 e. The minimum atomic E-state index is -0.301. The van der Waals surface area contributed by atoms with E-state index in [0.717, 1.165) is 51.4 Å². The second kappa shape index (κ2) is 11.3. The normalized spacial score (nSPS) is 19.6. The summed E-state index contributed by atoms with van der Waals surface area (Å²) in [5.74, 6) is 0.359. The van der Waals surface area contributed by atoms with Crippen molar-refractivity contribution in [1.29, 1.82) is 0 Å². The molecule has 2 amide bonds. The van der Waals surface area contributed by atoms with Crippen molar-refractivity contribution in [3.8, 4) is 5.75 Å². The molecule has 0 radical (unpaired) electrons. The van der Waals surface area contributed by atoms with Gasteiger partial charge in [-0.1, -0.05) is 36.4 Å². The van der Waals surface area contributed by atoms with Gasteiger partial charge in [0, 0.05) is 64.0 Å². The van der Waals surface area contributed by atoms with Crippen molar-refractivity contribution in [3.05, 3.63) is 60.2 Å². The molecule has 0 bridgehead atoms. The van der Waals surface area contributed by atoms with Crippen LogP contribution in [0, 0.1) is 5.92 Å². The van der Waals surface area contributed by atoms with Gasteiger partial charge in [0.15, 0.2) is 0 Å². The maximum absolute atomic E-state index is 12.6. The molecular formula is C26H34N4O3. The number of piperazine rings is 1. The molecule has 0 aliphatic carbocycles. The molecule has 0 saturated carbocycles. The fourth-order valence-electron chi connectivity index (χ4n) is 4.58. The molecular weight excluding hydrogens is 416 g/mol. The van der Waals surface area contributed by atoms with E-state index in [4.69, 9.17) is 4.74 Å². The minimum Gasteiger partial charge on any atom is -0.497 e. The van der Waals surface area contributed by atoms with Gasteiger partial charge in [0.1, 0.15) is 5.75 Å². The predicted molar refractivity (Wildman–Crippen MR) is 129 cm³/mol. The van der Waals surface area contributed by atoms with Gasteiger partial charge in [-0.2, -0.15) is 0 Å². The van der Waals surface area contributed by atoms with Crippen LogP contribution >= 0.6 is 0 Å². The lowest BCUT2D eigenvalue weighted by Crippen LogP contribution is -2.46. The van der Waals surface area contributed by atoms with Crippen LogP contribution in [0.25, 0.3) is 0 Å². The number of methoxy groups -OCH3 is 1. The molecule has 2 saturated heterocycles. The number of nitrogens with zero attached hydrogens (tertiary/aromatic N) is 3. The van der Waals surface area contributed by atoms with E-state index in [2.05, 4.69) is 45.4 Å². The molecule has 1 unspecified atom stereocenters. The molecule has 2 aromatic carbocycles. The number of ether oxygens (including phenoxy) is 1. The highest BCUT2D eigenvalue weighted by Gasteiger charge is 2.35. The van der Waals surface area contributed by atoms with Crippen LogP contribution in [0.1, 0.15) is 18.4 Å². The molecule has 1 N–H and O–H groups in total.